The molecular weight excluding hydrogens is 254 g/mol. The first-order chi connectivity index (χ1) is 9.72. The molecule has 0 atom stereocenters. The highest BCUT2D eigenvalue weighted by Crippen LogP contribution is 2.13. The van der Waals surface area contributed by atoms with Crippen molar-refractivity contribution < 1.29 is 14.2 Å². The molecule has 0 bridgehead atoms. The molecule has 0 heterocycles. The molecule has 4 heteroatoms. The van der Waals surface area contributed by atoms with Crippen LogP contribution in [0.5, 0.6) is 5.75 Å². The van der Waals surface area contributed by atoms with Crippen molar-refractivity contribution in [1.29, 1.82) is 0 Å². The number of methoxy groups -OCH3 is 1. The molecule has 0 saturated carbocycles. The van der Waals surface area contributed by atoms with Crippen LogP contribution in [0, 0.1) is 0 Å². The Labute approximate surface area is 122 Å². The molecule has 0 saturated heterocycles. The predicted octanol–water partition coefficient (Wildman–Crippen LogP) is 2.62. The monoisotopic (exact) mass is 281 g/mol. The molecule has 0 unspecified atom stereocenters. The van der Waals surface area contributed by atoms with Gasteiger partial charge in [0.25, 0.3) is 0 Å². The Kier molecular flexibility index (Phi) is 9.04. The SMILES string of the molecule is COCCOCCCOc1cccc(CNC(C)C)c1. The van der Waals surface area contributed by atoms with Crippen LogP contribution in [0.15, 0.2) is 24.3 Å². The third kappa shape index (κ3) is 8.15. The van der Waals surface area contributed by atoms with E-state index in [2.05, 4.69) is 31.3 Å². The molecule has 0 radical (unpaired) electrons. The average molecular weight is 281 g/mol. The van der Waals surface area contributed by atoms with Gasteiger partial charge >= 0.3 is 0 Å². The van der Waals surface area contributed by atoms with E-state index >= 15 is 0 Å². The van der Waals surface area contributed by atoms with Gasteiger partial charge < -0.3 is 19.5 Å². The summed E-state index contributed by atoms with van der Waals surface area (Å²) in [5, 5.41) is 3.40. The lowest BCUT2D eigenvalue weighted by molar-refractivity contribution is 0.0644. The van der Waals surface area contributed by atoms with Crippen molar-refractivity contribution in [2.75, 3.05) is 33.5 Å². The van der Waals surface area contributed by atoms with Gasteiger partial charge in [-0.1, -0.05) is 26.0 Å². The highest BCUT2D eigenvalue weighted by molar-refractivity contribution is 5.28. The molecule has 0 aliphatic heterocycles. The lowest BCUT2D eigenvalue weighted by atomic mass is 10.2. The molecule has 1 N–H and O–H groups in total. The van der Waals surface area contributed by atoms with Crippen LogP contribution in [-0.2, 0) is 16.0 Å². The first-order valence-electron chi connectivity index (χ1n) is 7.24. The van der Waals surface area contributed by atoms with Gasteiger partial charge in [-0.3, -0.25) is 0 Å². The molecular formula is C16H27NO3. The standard InChI is InChI=1S/C16H27NO3/c1-14(2)17-13-15-6-4-7-16(12-15)20-9-5-8-19-11-10-18-3/h4,6-7,12,14,17H,5,8-11,13H2,1-3H3. The zero-order chi connectivity index (χ0) is 14.6. The quantitative estimate of drug-likeness (QED) is 0.633. The molecule has 1 rings (SSSR count). The number of hydrogen-bond donors (Lipinski definition) is 1. The zero-order valence-corrected chi connectivity index (χ0v) is 12.9. The maximum absolute atomic E-state index is 5.72. The molecule has 0 aliphatic rings. The maximum atomic E-state index is 5.72. The lowest BCUT2D eigenvalue weighted by Gasteiger charge is -2.10. The first-order valence-corrected chi connectivity index (χ1v) is 7.24. The van der Waals surface area contributed by atoms with Crippen molar-refractivity contribution in [3.05, 3.63) is 29.8 Å². The summed E-state index contributed by atoms with van der Waals surface area (Å²) in [6.07, 6.45) is 0.887. The molecule has 20 heavy (non-hydrogen) atoms. The molecule has 114 valence electrons. The van der Waals surface area contributed by atoms with Crippen molar-refractivity contribution >= 4 is 0 Å². The number of rotatable bonds is 11. The van der Waals surface area contributed by atoms with E-state index in [1.54, 1.807) is 7.11 Å². The van der Waals surface area contributed by atoms with E-state index in [1.807, 2.05) is 12.1 Å². The van der Waals surface area contributed by atoms with Crippen molar-refractivity contribution in [2.24, 2.45) is 0 Å². The second kappa shape index (κ2) is 10.7. The van der Waals surface area contributed by atoms with E-state index in [0.717, 1.165) is 18.7 Å². The van der Waals surface area contributed by atoms with E-state index in [0.29, 0.717) is 32.5 Å². The fraction of sp³-hybridized carbons (Fsp3) is 0.625. The third-order valence-corrected chi connectivity index (χ3v) is 2.75. The fourth-order valence-electron chi connectivity index (χ4n) is 1.66. The van der Waals surface area contributed by atoms with Crippen LogP contribution < -0.4 is 10.1 Å². The van der Waals surface area contributed by atoms with E-state index in [-0.39, 0.29) is 0 Å². The zero-order valence-electron chi connectivity index (χ0n) is 12.9. The Hall–Kier alpha value is -1.10. The smallest absolute Gasteiger partial charge is 0.119 e. The minimum atomic E-state index is 0.490. The van der Waals surface area contributed by atoms with Gasteiger partial charge in [0.05, 0.1) is 19.8 Å². The highest BCUT2D eigenvalue weighted by Gasteiger charge is 1.99. The Balaban J connectivity index is 2.18. The summed E-state index contributed by atoms with van der Waals surface area (Å²) in [6.45, 7) is 7.83. The van der Waals surface area contributed by atoms with Gasteiger partial charge in [0.15, 0.2) is 0 Å². The van der Waals surface area contributed by atoms with E-state index in [4.69, 9.17) is 14.2 Å². The van der Waals surface area contributed by atoms with Gasteiger partial charge in [-0.15, -0.1) is 0 Å². The second-order valence-electron chi connectivity index (χ2n) is 4.99. The fourth-order valence-corrected chi connectivity index (χ4v) is 1.66. The largest absolute Gasteiger partial charge is 0.493 e. The van der Waals surface area contributed by atoms with Gasteiger partial charge in [0.2, 0.25) is 0 Å². The van der Waals surface area contributed by atoms with Crippen LogP contribution in [0.2, 0.25) is 0 Å². The summed E-state index contributed by atoms with van der Waals surface area (Å²) >= 11 is 0. The average Bonchev–Trinajstić information content (AvgIpc) is 2.45. The molecule has 0 fully saturated rings. The van der Waals surface area contributed by atoms with Gasteiger partial charge in [0.1, 0.15) is 5.75 Å². The number of ether oxygens (including phenoxy) is 3. The normalized spacial score (nSPS) is 11.0. The Bertz CT molecular complexity index is 355. The Morgan fingerprint density at radius 1 is 1.10 bits per heavy atom. The van der Waals surface area contributed by atoms with Gasteiger partial charge in [-0.2, -0.15) is 0 Å². The summed E-state index contributed by atoms with van der Waals surface area (Å²) in [4.78, 5) is 0. The molecule has 0 amide bonds. The second-order valence-corrected chi connectivity index (χ2v) is 4.99. The van der Waals surface area contributed by atoms with Crippen LogP contribution in [0.1, 0.15) is 25.8 Å². The predicted molar refractivity (Wildman–Crippen MR) is 81.2 cm³/mol. The summed E-state index contributed by atoms with van der Waals surface area (Å²) in [5.74, 6) is 0.921. The molecule has 1 aromatic carbocycles. The Morgan fingerprint density at radius 3 is 2.70 bits per heavy atom. The first kappa shape index (κ1) is 17.0. The summed E-state index contributed by atoms with van der Waals surface area (Å²) in [5.41, 5.74) is 1.24. The van der Waals surface area contributed by atoms with Crippen LogP contribution in [0.4, 0.5) is 0 Å². The van der Waals surface area contributed by atoms with Crippen molar-refractivity contribution in [2.45, 2.75) is 32.9 Å². The molecule has 1 aromatic rings. The van der Waals surface area contributed by atoms with E-state index in [9.17, 15) is 0 Å². The molecule has 4 nitrogen and oxygen atoms in total. The van der Waals surface area contributed by atoms with Crippen LogP contribution in [0.3, 0.4) is 0 Å². The summed E-state index contributed by atoms with van der Waals surface area (Å²) < 4.78 is 16.0. The summed E-state index contributed by atoms with van der Waals surface area (Å²) in [7, 11) is 1.67. The van der Waals surface area contributed by atoms with Gasteiger partial charge in [0, 0.05) is 32.7 Å². The molecule has 0 aliphatic carbocycles. The van der Waals surface area contributed by atoms with Crippen molar-refractivity contribution in [3.63, 3.8) is 0 Å². The van der Waals surface area contributed by atoms with Crippen molar-refractivity contribution in [1.82, 2.24) is 5.32 Å². The van der Waals surface area contributed by atoms with E-state index < -0.39 is 0 Å². The van der Waals surface area contributed by atoms with E-state index in [1.165, 1.54) is 5.56 Å². The highest BCUT2D eigenvalue weighted by atomic mass is 16.5. The summed E-state index contributed by atoms with van der Waals surface area (Å²) in [6, 6.07) is 8.70. The lowest BCUT2D eigenvalue weighted by Crippen LogP contribution is -2.21. The van der Waals surface area contributed by atoms with Crippen LogP contribution in [0.25, 0.3) is 0 Å². The van der Waals surface area contributed by atoms with Crippen LogP contribution >= 0.6 is 0 Å². The van der Waals surface area contributed by atoms with Gasteiger partial charge in [-0.25, -0.2) is 0 Å². The van der Waals surface area contributed by atoms with Crippen molar-refractivity contribution in [3.8, 4) is 5.75 Å². The maximum Gasteiger partial charge on any atom is 0.119 e. The van der Waals surface area contributed by atoms with Crippen LogP contribution in [-0.4, -0.2) is 39.6 Å². The topological polar surface area (TPSA) is 39.7 Å². The number of nitrogens with one attached hydrogen (secondary N) is 1. The number of hydrogen-bond acceptors (Lipinski definition) is 4. The molecule has 0 spiro atoms. The molecule has 0 aromatic heterocycles. The third-order valence-electron chi connectivity index (χ3n) is 2.75. The Morgan fingerprint density at radius 2 is 1.95 bits per heavy atom. The van der Waals surface area contributed by atoms with Gasteiger partial charge in [-0.05, 0) is 17.7 Å². The number of benzene rings is 1. The minimum Gasteiger partial charge on any atom is -0.493 e. The minimum absolute atomic E-state index is 0.490.